The lowest BCUT2D eigenvalue weighted by atomic mass is 9.99. The molecule has 10 heteroatoms. The third kappa shape index (κ3) is 8.53. The number of nitrogens with zero attached hydrogens (tertiary/aromatic N) is 1. The molecular formula is C17H20BrF3NO4P. The molecule has 2 rings (SSSR count). The lowest BCUT2D eigenvalue weighted by Crippen LogP contribution is -2.28. The number of alkyl halides is 3. The maximum absolute atomic E-state index is 12.9. The monoisotopic (exact) mass is 469 g/mol. The Morgan fingerprint density at radius 1 is 1.30 bits per heavy atom. The highest BCUT2D eigenvalue weighted by Gasteiger charge is 2.30. The molecule has 27 heavy (non-hydrogen) atoms. The van der Waals surface area contributed by atoms with Crippen molar-refractivity contribution in [1.82, 2.24) is 0 Å². The summed E-state index contributed by atoms with van der Waals surface area (Å²) in [6.07, 6.45) is 0.367. The van der Waals surface area contributed by atoms with Crippen molar-refractivity contribution in [3.8, 4) is 11.1 Å². The molecule has 0 bridgehead atoms. The minimum atomic E-state index is -5.14. The van der Waals surface area contributed by atoms with Gasteiger partial charge in [0.2, 0.25) is 0 Å². The van der Waals surface area contributed by atoms with E-state index in [0.717, 1.165) is 28.1 Å². The third-order valence-electron chi connectivity index (χ3n) is 3.34. The SMILES string of the molecule is CC(C)Cc1c[n+](C)cc(-c2cccc(C(F)(F)F)c2)c1Br.O=P([O-])([O-])O.[H+]. The van der Waals surface area contributed by atoms with E-state index in [9.17, 15) is 13.2 Å². The standard InChI is InChI=1S/C17H18BrF3N.H3O4P/c1-11(2)7-13-9-22(3)10-15(16(13)18)12-5-4-6-14(8-12)17(19,20)21;1-5(2,3)4/h4-6,8-11H,7H2,1-3H3;(H3,1,2,3,4)/q+1;/p-1. The Morgan fingerprint density at radius 3 is 2.33 bits per heavy atom. The van der Waals surface area contributed by atoms with Gasteiger partial charge in [0, 0.05) is 10.0 Å². The lowest BCUT2D eigenvalue weighted by Gasteiger charge is -2.19. The van der Waals surface area contributed by atoms with Crippen LogP contribution in [-0.4, -0.2) is 4.89 Å². The highest BCUT2D eigenvalue weighted by Crippen LogP contribution is 2.35. The zero-order valence-electron chi connectivity index (χ0n) is 15.8. The number of halogens is 4. The fraction of sp³-hybridized carbons (Fsp3) is 0.353. The van der Waals surface area contributed by atoms with E-state index in [1.54, 1.807) is 6.07 Å². The Bertz CT molecular complexity index is 835. The fourth-order valence-corrected chi connectivity index (χ4v) is 3.02. The number of hydrogen-bond donors (Lipinski definition) is 1. The smallest absolute Gasteiger partial charge is 0.790 e. The summed E-state index contributed by atoms with van der Waals surface area (Å²) in [4.78, 5) is 24.3. The summed E-state index contributed by atoms with van der Waals surface area (Å²) < 4.78 is 50.1. The molecule has 0 aliphatic carbocycles. The molecule has 0 saturated heterocycles. The minimum Gasteiger partial charge on any atom is -0.790 e. The van der Waals surface area contributed by atoms with Crippen LogP contribution >= 0.6 is 23.8 Å². The van der Waals surface area contributed by atoms with Crippen LogP contribution in [0, 0.1) is 5.92 Å². The number of benzene rings is 1. The van der Waals surface area contributed by atoms with Crippen LogP contribution in [0.4, 0.5) is 13.2 Å². The third-order valence-corrected chi connectivity index (χ3v) is 4.28. The van der Waals surface area contributed by atoms with Gasteiger partial charge in [-0.05, 0) is 46.0 Å². The molecular weight excluding hydrogens is 450 g/mol. The van der Waals surface area contributed by atoms with Crippen molar-refractivity contribution in [2.24, 2.45) is 13.0 Å². The first kappa shape index (κ1) is 23.8. The van der Waals surface area contributed by atoms with E-state index in [1.807, 2.05) is 24.0 Å². The predicted molar refractivity (Wildman–Crippen MR) is 95.2 cm³/mol. The molecule has 0 fully saturated rings. The van der Waals surface area contributed by atoms with Crippen molar-refractivity contribution in [3.05, 3.63) is 52.3 Å². The van der Waals surface area contributed by atoms with Crippen LogP contribution < -0.4 is 14.4 Å². The first-order valence-corrected chi connectivity index (χ1v) is 10.1. The second-order valence-corrected chi connectivity index (χ2v) is 8.05. The molecule has 2 aromatic rings. The molecule has 150 valence electrons. The topological polar surface area (TPSA) is 87.3 Å². The number of aryl methyl sites for hydroxylation is 1. The quantitative estimate of drug-likeness (QED) is 0.552. The molecule has 1 aromatic carbocycles. The maximum Gasteiger partial charge on any atom is 1.00 e. The summed E-state index contributed by atoms with van der Waals surface area (Å²) in [5.41, 5.74) is 1.79. The van der Waals surface area contributed by atoms with Crippen LogP contribution in [0.25, 0.3) is 11.1 Å². The van der Waals surface area contributed by atoms with Crippen LogP contribution in [0.3, 0.4) is 0 Å². The number of hydrogen-bond acceptors (Lipinski definition) is 3. The number of rotatable bonds is 3. The highest BCUT2D eigenvalue weighted by molar-refractivity contribution is 9.10. The van der Waals surface area contributed by atoms with E-state index >= 15 is 0 Å². The highest BCUT2D eigenvalue weighted by atomic mass is 79.9. The zero-order valence-corrected chi connectivity index (χ0v) is 17.3. The van der Waals surface area contributed by atoms with E-state index in [2.05, 4.69) is 29.8 Å². The average molecular weight is 470 g/mol. The van der Waals surface area contributed by atoms with Gasteiger partial charge in [0.1, 0.15) is 7.05 Å². The van der Waals surface area contributed by atoms with Gasteiger partial charge in [-0.3, -0.25) is 0 Å². The van der Waals surface area contributed by atoms with Gasteiger partial charge in [-0.15, -0.1) is 0 Å². The van der Waals surface area contributed by atoms with Crippen molar-refractivity contribution >= 4 is 23.8 Å². The van der Waals surface area contributed by atoms with Gasteiger partial charge in [0.05, 0.1) is 18.9 Å². The van der Waals surface area contributed by atoms with E-state index in [0.29, 0.717) is 11.5 Å². The van der Waals surface area contributed by atoms with Crippen LogP contribution in [0.5, 0.6) is 0 Å². The van der Waals surface area contributed by atoms with Gasteiger partial charge in [-0.25, -0.2) is 4.57 Å². The van der Waals surface area contributed by atoms with E-state index < -0.39 is 19.6 Å². The molecule has 0 aliphatic rings. The maximum atomic E-state index is 12.9. The summed E-state index contributed by atoms with van der Waals surface area (Å²) in [5, 5.41) is 0. The second kappa shape index (κ2) is 9.30. The van der Waals surface area contributed by atoms with Gasteiger partial charge in [0.25, 0.3) is 0 Å². The molecule has 0 radical (unpaired) electrons. The molecule has 5 nitrogen and oxygen atoms in total. The number of aromatic nitrogens is 1. The Labute approximate surface area is 165 Å². The van der Waals surface area contributed by atoms with Crippen molar-refractivity contribution in [2.45, 2.75) is 26.4 Å². The molecule has 0 amide bonds. The molecule has 0 saturated carbocycles. The number of pyridine rings is 1. The molecule has 0 aliphatic heterocycles. The van der Waals surface area contributed by atoms with Crippen LogP contribution in [-0.2, 0) is 24.2 Å². The van der Waals surface area contributed by atoms with E-state index in [4.69, 9.17) is 19.2 Å². The fourth-order valence-electron chi connectivity index (χ4n) is 2.42. The normalized spacial score (nSPS) is 12.0. The van der Waals surface area contributed by atoms with Gasteiger partial charge in [-0.1, -0.05) is 26.0 Å². The summed E-state index contributed by atoms with van der Waals surface area (Å²) in [7, 11) is -3.26. The lowest BCUT2D eigenvalue weighted by molar-refractivity contribution is -0.671. The minimum absolute atomic E-state index is 0. The molecule has 1 N–H and O–H groups in total. The largest absolute Gasteiger partial charge is 1.00 e. The van der Waals surface area contributed by atoms with Gasteiger partial charge in [0.15, 0.2) is 12.4 Å². The first-order chi connectivity index (χ1) is 12.2. The Balaban J connectivity index is 0.00000108. The second-order valence-electron chi connectivity index (χ2n) is 6.32. The van der Waals surface area contributed by atoms with Crippen molar-refractivity contribution in [3.63, 3.8) is 0 Å². The summed E-state index contributed by atoms with van der Waals surface area (Å²) in [5.74, 6) is 0.466. The zero-order chi connectivity index (χ0) is 21.0. The molecule has 0 spiro atoms. The van der Waals surface area contributed by atoms with Gasteiger partial charge < -0.3 is 19.2 Å². The first-order valence-electron chi connectivity index (χ1n) is 7.78. The molecule has 1 heterocycles. The van der Waals surface area contributed by atoms with Crippen molar-refractivity contribution < 1.29 is 38.4 Å². The average Bonchev–Trinajstić information content (AvgIpc) is 2.47. The Hall–Kier alpha value is -1.25. The van der Waals surface area contributed by atoms with Gasteiger partial charge >= 0.3 is 7.60 Å². The van der Waals surface area contributed by atoms with Crippen LogP contribution in [0.1, 0.15) is 26.4 Å². The van der Waals surface area contributed by atoms with Gasteiger partial charge in [-0.2, -0.15) is 13.2 Å². The van der Waals surface area contributed by atoms with E-state index in [-0.39, 0.29) is 1.43 Å². The van der Waals surface area contributed by atoms with Crippen molar-refractivity contribution in [1.29, 1.82) is 0 Å². The molecule has 1 aromatic heterocycles. The van der Waals surface area contributed by atoms with Crippen LogP contribution in [0.15, 0.2) is 41.1 Å². The molecule has 0 atom stereocenters. The number of phosphoric acid groups is 1. The summed E-state index contributed by atoms with van der Waals surface area (Å²) in [6, 6.07) is 5.43. The Kier molecular flexibility index (Phi) is 8.19. The summed E-state index contributed by atoms with van der Waals surface area (Å²) in [6.45, 7) is 4.23. The predicted octanol–water partition coefficient (Wildman–Crippen LogP) is 3.08. The molecule has 0 unspecified atom stereocenters. The Morgan fingerprint density at radius 2 is 1.85 bits per heavy atom. The van der Waals surface area contributed by atoms with E-state index in [1.165, 1.54) is 12.1 Å². The van der Waals surface area contributed by atoms with Crippen LogP contribution in [0.2, 0.25) is 0 Å². The summed E-state index contributed by atoms with van der Waals surface area (Å²) >= 11 is 3.56. The van der Waals surface area contributed by atoms with Crippen molar-refractivity contribution in [2.75, 3.05) is 0 Å².